The molecule has 104 valence electrons. The van der Waals surface area contributed by atoms with Crippen LogP contribution in [0, 0.1) is 12.3 Å². The van der Waals surface area contributed by atoms with E-state index in [1.54, 1.807) is 0 Å². The largest absolute Gasteiger partial charge is 0.492 e. The second-order valence-electron chi connectivity index (χ2n) is 4.77. The highest BCUT2D eigenvalue weighted by Crippen LogP contribution is 2.20. The molecule has 0 amide bonds. The van der Waals surface area contributed by atoms with Gasteiger partial charge in [-0.2, -0.15) is 12.6 Å². The molecule has 0 aliphatic rings. The summed E-state index contributed by atoms with van der Waals surface area (Å²) in [6, 6.07) is 9.70. The minimum Gasteiger partial charge on any atom is -0.492 e. The Morgan fingerprint density at radius 2 is 2.00 bits per heavy atom. The topological polar surface area (TPSA) is 18.5 Å². The quantitative estimate of drug-likeness (QED) is 0.579. The molecule has 0 heterocycles. The van der Waals surface area contributed by atoms with Crippen LogP contribution in [0.25, 0.3) is 0 Å². The monoisotopic (exact) mass is 278 g/mol. The molecule has 19 heavy (non-hydrogen) atoms. The van der Waals surface area contributed by atoms with Crippen LogP contribution in [0.5, 0.6) is 5.75 Å². The highest BCUT2D eigenvalue weighted by molar-refractivity contribution is 7.81. The summed E-state index contributed by atoms with van der Waals surface area (Å²) in [5, 5.41) is 0.0313. The lowest BCUT2D eigenvalue weighted by molar-refractivity contribution is -0.0321. The van der Waals surface area contributed by atoms with Gasteiger partial charge in [0.15, 0.2) is 0 Å². The van der Waals surface area contributed by atoms with E-state index < -0.39 is 0 Å². The average Bonchev–Trinajstić information content (AvgIpc) is 2.44. The zero-order valence-electron chi connectivity index (χ0n) is 11.6. The summed E-state index contributed by atoms with van der Waals surface area (Å²) in [6.45, 7) is 5.15. The lowest BCUT2D eigenvalue weighted by atomic mass is 9.99. The van der Waals surface area contributed by atoms with Crippen LogP contribution in [0.15, 0.2) is 30.3 Å². The second-order valence-corrected chi connectivity index (χ2v) is 5.50. The molecule has 3 heteroatoms. The van der Waals surface area contributed by atoms with E-state index in [4.69, 9.17) is 15.9 Å². The number of terminal acetylenes is 1. The van der Waals surface area contributed by atoms with Gasteiger partial charge in [-0.05, 0) is 25.5 Å². The minimum atomic E-state index is -0.261. The Bertz CT molecular complexity index is 399. The molecule has 1 rings (SSSR count). The first-order valence-electron chi connectivity index (χ1n) is 6.53. The van der Waals surface area contributed by atoms with Crippen molar-refractivity contribution in [1.82, 2.24) is 0 Å². The van der Waals surface area contributed by atoms with Gasteiger partial charge in [-0.1, -0.05) is 25.1 Å². The minimum absolute atomic E-state index is 0.0313. The second kappa shape index (κ2) is 8.14. The fourth-order valence-corrected chi connectivity index (χ4v) is 1.70. The molecule has 0 saturated heterocycles. The smallest absolute Gasteiger partial charge is 0.119 e. The van der Waals surface area contributed by atoms with Crippen LogP contribution in [-0.2, 0) is 4.74 Å². The van der Waals surface area contributed by atoms with Gasteiger partial charge in [0.2, 0.25) is 0 Å². The number of benzene rings is 1. The predicted molar refractivity (Wildman–Crippen MR) is 82.8 cm³/mol. The third-order valence-corrected chi connectivity index (χ3v) is 3.33. The standard InChI is InChI=1S/C16H22O2S/c1-4-11-16(3,5-2)18-13-15(19)12-17-14-9-7-6-8-10-14/h1,6-10,15,19H,5,11-13H2,2-3H3. The summed E-state index contributed by atoms with van der Waals surface area (Å²) in [6.07, 6.45) is 6.86. The summed E-state index contributed by atoms with van der Waals surface area (Å²) in [4.78, 5) is 0. The Morgan fingerprint density at radius 1 is 1.32 bits per heavy atom. The van der Waals surface area contributed by atoms with Crippen LogP contribution in [0.2, 0.25) is 0 Å². The van der Waals surface area contributed by atoms with Crippen molar-refractivity contribution in [2.24, 2.45) is 0 Å². The Labute approximate surface area is 121 Å². The average molecular weight is 278 g/mol. The highest BCUT2D eigenvalue weighted by atomic mass is 32.1. The number of hydrogen-bond donors (Lipinski definition) is 1. The molecule has 2 unspecified atom stereocenters. The molecule has 0 fully saturated rings. The number of thiol groups is 1. The fourth-order valence-electron chi connectivity index (χ4n) is 1.55. The van der Waals surface area contributed by atoms with Gasteiger partial charge in [0.05, 0.1) is 17.5 Å². The van der Waals surface area contributed by atoms with Crippen molar-refractivity contribution in [2.45, 2.75) is 37.5 Å². The normalized spacial score (nSPS) is 15.3. The maximum atomic E-state index is 5.87. The summed E-state index contributed by atoms with van der Waals surface area (Å²) in [5.41, 5.74) is -0.261. The van der Waals surface area contributed by atoms with E-state index in [0.29, 0.717) is 19.6 Å². The van der Waals surface area contributed by atoms with Crippen molar-refractivity contribution < 1.29 is 9.47 Å². The van der Waals surface area contributed by atoms with Crippen molar-refractivity contribution in [3.05, 3.63) is 30.3 Å². The van der Waals surface area contributed by atoms with Crippen molar-refractivity contribution >= 4 is 12.6 Å². The van der Waals surface area contributed by atoms with Crippen LogP contribution in [0.1, 0.15) is 26.7 Å². The first-order chi connectivity index (χ1) is 9.09. The van der Waals surface area contributed by atoms with E-state index >= 15 is 0 Å². The van der Waals surface area contributed by atoms with Gasteiger partial charge < -0.3 is 9.47 Å². The van der Waals surface area contributed by atoms with Gasteiger partial charge in [-0.25, -0.2) is 0 Å². The van der Waals surface area contributed by atoms with E-state index in [0.717, 1.165) is 12.2 Å². The Kier molecular flexibility index (Phi) is 6.83. The first kappa shape index (κ1) is 15.9. The third kappa shape index (κ3) is 6.04. The van der Waals surface area contributed by atoms with Crippen LogP contribution in [0.3, 0.4) is 0 Å². The van der Waals surface area contributed by atoms with Crippen LogP contribution >= 0.6 is 12.6 Å². The summed E-state index contributed by atoms with van der Waals surface area (Å²) < 4.78 is 11.5. The molecular formula is C16H22O2S. The van der Waals surface area contributed by atoms with Gasteiger partial charge in [0.1, 0.15) is 12.4 Å². The zero-order valence-corrected chi connectivity index (χ0v) is 12.5. The predicted octanol–water partition coefficient (Wildman–Crippen LogP) is 3.57. The lowest BCUT2D eigenvalue weighted by Gasteiger charge is -2.28. The molecule has 1 aromatic rings. The molecule has 0 aliphatic heterocycles. The van der Waals surface area contributed by atoms with Gasteiger partial charge in [-0.3, -0.25) is 0 Å². The van der Waals surface area contributed by atoms with Crippen LogP contribution < -0.4 is 4.74 Å². The Hall–Kier alpha value is -1.11. The number of rotatable bonds is 8. The summed E-state index contributed by atoms with van der Waals surface area (Å²) in [5.74, 6) is 3.51. The van der Waals surface area contributed by atoms with Crippen molar-refractivity contribution in [1.29, 1.82) is 0 Å². The van der Waals surface area contributed by atoms with Gasteiger partial charge >= 0.3 is 0 Å². The fraction of sp³-hybridized carbons (Fsp3) is 0.500. The molecule has 2 atom stereocenters. The highest BCUT2D eigenvalue weighted by Gasteiger charge is 2.22. The molecule has 2 nitrogen and oxygen atoms in total. The Morgan fingerprint density at radius 3 is 2.58 bits per heavy atom. The van der Waals surface area contributed by atoms with Crippen LogP contribution in [-0.4, -0.2) is 24.1 Å². The maximum Gasteiger partial charge on any atom is 0.119 e. The van der Waals surface area contributed by atoms with Gasteiger partial charge in [0, 0.05) is 6.42 Å². The van der Waals surface area contributed by atoms with E-state index in [-0.39, 0.29) is 10.9 Å². The summed E-state index contributed by atoms with van der Waals surface area (Å²) >= 11 is 4.48. The van der Waals surface area contributed by atoms with E-state index in [2.05, 4.69) is 25.5 Å². The van der Waals surface area contributed by atoms with Crippen molar-refractivity contribution in [2.75, 3.05) is 13.2 Å². The van der Waals surface area contributed by atoms with E-state index in [9.17, 15) is 0 Å². The number of hydrogen-bond acceptors (Lipinski definition) is 3. The maximum absolute atomic E-state index is 5.87. The molecule has 0 saturated carbocycles. The molecule has 0 radical (unpaired) electrons. The van der Waals surface area contributed by atoms with Crippen molar-refractivity contribution in [3.8, 4) is 18.1 Å². The zero-order chi connectivity index (χ0) is 14.1. The molecule has 0 bridgehead atoms. The van der Waals surface area contributed by atoms with Crippen molar-refractivity contribution in [3.63, 3.8) is 0 Å². The van der Waals surface area contributed by atoms with Gasteiger partial charge in [0.25, 0.3) is 0 Å². The molecular weight excluding hydrogens is 256 g/mol. The first-order valence-corrected chi connectivity index (χ1v) is 7.04. The molecule has 0 aromatic heterocycles. The molecule has 0 spiro atoms. The van der Waals surface area contributed by atoms with E-state index in [1.807, 2.05) is 37.3 Å². The molecule has 0 aliphatic carbocycles. The summed E-state index contributed by atoms with van der Waals surface area (Å²) in [7, 11) is 0. The molecule has 1 aromatic carbocycles. The SMILES string of the molecule is C#CCC(C)(CC)OCC(S)COc1ccccc1. The van der Waals surface area contributed by atoms with Crippen LogP contribution in [0.4, 0.5) is 0 Å². The molecule has 0 N–H and O–H groups in total. The Balaban J connectivity index is 2.32. The third-order valence-electron chi connectivity index (χ3n) is 3.03. The van der Waals surface area contributed by atoms with E-state index in [1.165, 1.54) is 0 Å². The number of ether oxygens (including phenoxy) is 2. The number of para-hydroxylation sites is 1. The lowest BCUT2D eigenvalue weighted by Crippen LogP contribution is -2.31. The van der Waals surface area contributed by atoms with Gasteiger partial charge in [-0.15, -0.1) is 12.3 Å².